The van der Waals surface area contributed by atoms with Gasteiger partial charge in [0, 0.05) is 23.7 Å². The van der Waals surface area contributed by atoms with Gasteiger partial charge in [-0.05, 0) is 24.3 Å². The maximum Gasteiger partial charge on any atom is 0.307 e. The van der Waals surface area contributed by atoms with Gasteiger partial charge in [-0.3, -0.25) is 14.5 Å². The minimum absolute atomic E-state index is 0.0327. The van der Waals surface area contributed by atoms with Gasteiger partial charge in [0.15, 0.2) is 0 Å². The molecule has 5 nitrogen and oxygen atoms in total. The number of hydrogen-bond acceptors (Lipinski definition) is 4. The van der Waals surface area contributed by atoms with Crippen molar-refractivity contribution in [3.63, 3.8) is 0 Å². The fourth-order valence-electron chi connectivity index (χ4n) is 2.19. The summed E-state index contributed by atoms with van der Waals surface area (Å²) in [5.74, 6) is 5.49. The summed E-state index contributed by atoms with van der Waals surface area (Å²) in [6.07, 6.45) is 0.0327. The summed E-state index contributed by atoms with van der Waals surface area (Å²) in [7, 11) is 1.31. The molecule has 1 amide bonds. The van der Waals surface area contributed by atoms with E-state index in [0.29, 0.717) is 24.7 Å². The Bertz CT molecular complexity index is 604. The molecule has 1 aromatic carbocycles. The number of hydrogen-bond donors (Lipinski definition) is 1. The predicted molar refractivity (Wildman–Crippen MR) is 83.3 cm³/mol. The number of nitrogens with one attached hydrogen (secondary N) is 1. The van der Waals surface area contributed by atoms with Gasteiger partial charge in [0.1, 0.15) is 6.04 Å². The van der Waals surface area contributed by atoms with Crippen molar-refractivity contribution in [2.45, 2.75) is 12.5 Å². The Morgan fingerprint density at radius 3 is 2.86 bits per heavy atom. The zero-order valence-electron chi connectivity index (χ0n) is 12.3. The number of rotatable bonds is 3. The van der Waals surface area contributed by atoms with Crippen LogP contribution in [-0.4, -0.2) is 49.6 Å². The first kappa shape index (κ1) is 16.3. The van der Waals surface area contributed by atoms with E-state index in [4.69, 9.17) is 11.6 Å². The molecule has 1 aromatic rings. The third-order valence-corrected chi connectivity index (χ3v) is 3.64. The highest BCUT2D eigenvalue weighted by molar-refractivity contribution is 6.30. The zero-order chi connectivity index (χ0) is 15.9. The van der Waals surface area contributed by atoms with Gasteiger partial charge in [0.2, 0.25) is 5.91 Å². The van der Waals surface area contributed by atoms with Crippen molar-refractivity contribution < 1.29 is 14.3 Å². The standard InChI is InChI=1S/C16H17ClN2O3/c1-22-15(20)11-14-16(21)18-8-10-19(14)9-2-3-12-4-6-13(17)7-5-12/h4-7,14H,8-11H2,1H3,(H,18,21). The molecule has 1 heterocycles. The number of ether oxygens (including phenoxy) is 1. The Balaban J connectivity index is 2.01. The molecule has 22 heavy (non-hydrogen) atoms. The van der Waals surface area contributed by atoms with Crippen LogP contribution in [0.1, 0.15) is 12.0 Å². The molecule has 0 spiro atoms. The van der Waals surface area contributed by atoms with Gasteiger partial charge in [-0.2, -0.15) is 0 Å². The molecule has 1 atom stereocenters. The maximum atomic E-state index is 11.9. The molecule has 116 valence electrons. The van der Waals surface area contributed by atoms with E-state index in [9.17, 15) is 9.59 Å². The van der Waals surface area contributed by atoms with Crippen LogP contribution in [0.2, 0.25) is 5.02 Å². The van der Waals surface area contributed by atoms with Crippen LogP contribution < -0.4 is 5.32 Å². The maximum absolute atomic E-state index is 11.9. The lowest BCUT2D eigenvalue weighted by atomic mass is 10.1. The average Bonchev–Trinajstić information content (AvgIpc) is 2.52. The molecule has 1 saturated heterocycles. The summed E-state index contributed by atoms with van der Waals surface area (Å²) in [4.78, 5) is 25.2. The van der Waals surface area contributed by atoms with Crippen LogP contribution in [0.3, 0.4) is 0 Å². The van der Waals surface area contributed by atoms with Crippen molar-refractivity contribution in [1.82, 2.24) is 10.2 Å². The van der Waals surface area contributed by atoms with Crippen molar-refractivity contribution >= 4 is 23.5 Å². The third-order valence-electron chi connectivity index (χ3n) is 3.39. The van der Waals surface area contributed by atoms with Crippen LogP contribution in [0.15, 0.2) is 24.3 Å². The van der Waals surface area contributed by atoms with Crippen molar-refractivity contribution in [3.05, 3.63) is 34.9 Å². The average molecular weight is 321 g/mol. The Kier molecular flexibility index (Phi) is 5.82. The Morgan fingerprint density at radius 2 is 2.18 bits per heavy atom. The zero-order valence-corrected chi connectivity index (χ0v) is 13.0. The van der Waals surface area contributed by atoms with E-state index >= 15 is 0 Å². The van der Waals surface area contributed by atoms with E-state index in [1.54, 1.807) is 12.1 Å². The van der Waals surface area contributed by atoms with Gasteiger partial charge in [0.05, 0.1) is 20.1 Å². The fraction of sp³-hybridized carbons (Fsp3) is 0.375. The van der Waals surface area contributed by atoms with Gasteiger partial charge in [0.25, 0.3) is 0 Å². The highest BCUT2D eigenvalue weighted by Crippen LogP contribution is 2.10. The summed E-state index contributed by atoms with van der Waals surface area (Å²) < 4.78 is 4.64. The van der Waals surface area contributed by atoms with Gasteiger partial charge in [-0.25, -0.2) is 0 Å². The molecule has 1 fully saturated rings. The van der Waals surface area contributed by atoms with Gasteiger partial charge in [-0.15, -0.1) is 0 Å². The first-order valence-corrected chi connectivity index (χ1v) is 7.31. The molecule has 0 aliphatic carbocycles. The number of nitrogens with zero attached hydrogens (tertiary/aromatic N) is 1. The number of methoxy groups -OCH3 is 1. The second-order valence-corrected chi connectivity index (χ2v) is 5.30. The van der Waals surface area contributed by atoms with Crippen LogP contribution in [0, 0.1) is 11.8 Å². The van der Waals surface area contributed by atoms with Gasteiger partial charge < -0.3 is 10.1 Å². The number of amides is 1. The number of halogens is 1. The van der Waals surface area contributed by atoms with E-state index in [0.717, 1.165) is 5.56 Å². The molecule has 0 radical (unpaired) electrons. The molecule has 1 aliphatic rings. The summed E-state index contributed by atoms with van der Waals surface area (Å²) in [6, 6.07) is 6.70. The Hall–Kier alpha value is -2.03. The fourth-order valence-corrected chi connectivity index (χ4v) is 2.32. The third kappa shape index (κ3) is 4.48. The topological polar surface area (TPSA) is 58.6 Å². The molecule has 1 aliphatic heterocycles. The summed E-state index contributed by atoms with van der Waals surface area (Å²) in [5.41, 5.74) is 0.857. The quantitative estimate of drug-likeness (QED) is 0.668. The molecule has 0 bridgehead atoms. The van der Waals surface area contributed by atoms with Crippen molar-refractivity contribution in [1.29, 1.82) is 0 Å². The molecular formula is C16H17ClN2O3. The smallest absolute Gasteiger partial charge is 0.307 e. The summed E-state index contributed by atoms with van der Waals surface area (Å²) >= 11 is 5.82. The Labute approximate surface area is 134 Å². The molecule has 6 heteroatoms. The number of carbonyl (C=O) groups excluding carboxylic acids is 2. The second kappa shape index (κ2) is 7.83. The number of benzene rings is 1. The molecule has 2 rings (SSSR count). The SMILES string of the molecule is COC(=O)CC1C(=O)NCCN1CC#Cc1ccc(Cl)cc1. The lowest BCUT2D eigenvalue weighted by molar-refractivity contribution is -0.145. The first-order chi connectivity index (χ1) is 10.6. The minimum Gasteiger partial charge on any atom is -0.469 e. The van der Waals surface area contributed by atoms with Crippen LogP contribution in [0.5, 0.6) is 0 Å². The van der Waals surface area contributed by atoms with Crippen molar-refractivity contribution in [3.8, 4) is 11.8 Å². The van der Waals surface area contributed by atoms with Crippen molar-refractivity contribution in [2.24, 2.45) is 0 Å². The van der Waals surface area contributed by atoms with Crippen LogP contribution in [0.4, 0.5) is 0 Å². The predicted octanol–water partition coefficient (Wildman–Crippen LogP) is 1.06. The van der Waals surface area contributed by atoms with E-state index in [2.05, 4.69) is 21.9 Å². The minimum atomic E-state index is -0.527. The number of piperazine rings is 1. The highest BCUT2D eigenvalue weighted by Gasteiger charge is 2.31. The van der Waals surface area contributed by atoms with Crippen LogP contribution >= 0.6 is 11.6 Å². The molecular weight excluding hydrogens is 304 g/mol. The molecule has 0 saturated carbocycles. The van der Waals surface area contributed by atoms with Crippen LogP contribution in [0.25, 0.3) is 0 Å². The number of carbonyl (C=O) groups is 2. The molecule has 0 aromatic heterocycles. The van der Waals surface area contributed by atoms with E-state index in [1.807, 2.05) is 17.0 Å². The van der Waals surface area contributed by atoms with E-state index in [1.165, 1.54) is 7.11 Å². The summed E-state index contributed by atoms with van der Waals surface area (Å²) in [6.45, 7) is 1.62. The summed E-state index contributed by atoms with van der Waals surface area (Å²) in [5, 5.41) is 3.42. The van der Waals surface area contributed by atoms with Gasteiger partial charge in [-0.1, -0.05) is 23.4 Å². The lowest BCUT2D eigenvalue weighted by Crippen LogP contribution is -2.55. The van der Waals surface area contributed by atoms with Crippen LogP contribution in [-0.2, 0) is 14.3 Å². The normalized spacial score (nSPS) is 18.1. The van der Waals surface area contributed by atoms with E-state index < -0.39 is 12.0 Å². The largest absolute Gasteiger partial charge is 0.469 e. The second-order valence-electron chi connectivity index (χ2n) is 4.87. The molecule has 1 N–H and O–H groups in total. The highest BCUT2D eigenvalue weighted by atomic mass is 35.5. The number of esters is 1. The Morgan fingerprint density at radius 1 is 1.45 bits per heavy atom. The monoisotopic (exact) mass is 320 g/mol. The van der Waals surface area contributed by atoms with E-state index in [-0.39, 0.29) is 12.3 Å². The van der Waals surface area contributed by atoms with Gasteiger partial charge >= 0.3 is 5.97 Å². The lowest BCUT2D eigenvalue weighted by Gasteiger charge is -2.32. The first-order valence-electron chi connectivity index (χ1n) is 6.93. The van der Waals surface area contributed by atoms with Crippen molar-refractivity contribution in [2.75, 3.05) is 26.7 Å². The molecule has 1 unspecified atom stereocenters.